The molecule has 3 N–H and O–H groups in total. The van der Waals surface area contributed by atoms with Crippen LogP contribution in [0.3, 0.4) is 0 Å². The summed E-state index contributed by atoms with van der Waals surface area (Å²) >= 11 is 1.88. The number of ether oxygens (including phenoxy) is 3. The van der Waals surface area contributed by atoms with Gasteiger partial charge >= 0.3 is 0 Å². The fourth-order valence-corrected chi connectivity index (χ4v) is 5.54. The van der Waals surface area contributed by atoms with Gasteiger partial charge in [-0.1, -0.05) is 37.6 Å². The monoisotopic (exact) mass is 629 g/mol. The molecule has 9 heteroatoms. The summed E-state index contributed by atoms with van der Waals surface area (Å²) in [4.78, 5) is 4.33. The number of nitrogens with two attached hydrogens (primary N) is 1. The molecule has 0 bridgehead atoms. The summed E-state index contributed by atoms with van der Waals surface area (Å²) in [5.74, 6) is 3.49. The number of hydrogen-bond donors (Lipinski definition) is 2. The molecule has 246 valence electrons. The first kappa shape index (κ1) is 39.2. The number of thioether (sulfide) groups is 1. The number of rotatable bonds is 14. The molecule has 44 heavy (non-hydrogen) atoms. The SMILES string of the molecule is CC=N/C(C)=C(/C=C\CCC)C(\N)=C(/C)CC.CO.COCOc1ccc(-c2onc(C)c2CSCC2CCC(C)O2)cc1. The number of allylic oxidation sites excluding steroid dienone is 4. The Balaban J connectivity index is 0.000000448. The van der Waals surface area contributed by atoms with Crippen LogP contribution in [0, 0.1) is 6.92 Å². The average molecular weight is 630 g/mol. The van der Waals surface area contributed by atoms with Gasteiger partial charge in [-0.2, -0.15) is 11.8 Å². The lowest BCUT2D eigenvalue weighted by Crippen LogP contribution is -2.11. The van der Waals surface area contributed by atoms with E-state index in [4.69, 9.17) is 29.6 Å². The van der Waals surface area contributed by atoms with Crippen LogP contribution in [0.5, 0.6) is 5.75 Å². The van der Waals surface area contributed by atoms with Gasteiger partial charge in [0.05, 0.1) is 17.9 Å². The van der Waals surface area contributed by atoms with Crippen LogP contribution in [0.4, 0.5) is 0 Å². The van der Waals surface area contributed by atoms with Crippen LogP contribution >= 0.6 is 11.8 Å². The molecule has 0 saturated carbocycles. The van der Waals surface area contributed by atoms with Gasteiger partial charge in [-0.05, 0) is 90.1 Å². The molecule has 1 aromatic carbocycles. The molecular formula is C35H55N3O5S. The minimum atomic E-state index is 0.241. The van der Waals surface area contributed by atoms with Crippen molar-refractivity contribution in [2.45, 2.75) is 98.5 Å². The molecule has 2 unspecified atom stereocenters. The Morgan fingerprint density at radius 2 is 1.89 bits per heavy atom. The lowest BCUT2D eigenvalue weighted by molar-refractivity contribution is 0.0511. The highest BCUT2D eigenvalue weighted by Gasteiger charge is 2.22. The van der Waals surface area contributed by atoms with Crippen LogP contribution in [-0.2, 0) is 15.2 Å². The zero-order valence-electron chi connectivity index (χ0n) is 28.3. The average Bonchev–Trinajstić information content (AvgIpc) is 3.63. The number of methoxy groups -OCH3 is 1. The zero-order chi connectivity index (χ0) is 32.9. The van der Waals surface area contributed by atoms with Gasteiger partial charge in [0.2, 0.25) is 0 Å². The van der Waals surface area contributed by atoms with Crippen molar-refractivity contribution in [2.75, 3.05) is 26.8 Å². The van der Waals surface area contributed by atoms with E-state index in [-0.39, 0.29) is 6.79 Å². The summed E-state index contributed by atoms with van der Waals surface area (Å²) in [6.07, 6.45) is 12.4. The fraction of sp³-hybridized carbons (Fsp3) is 0.543. The van der Waals surface area contributed by atoms with Crippen LogP contribution in [0.2, 0.25) is 0 Å². The maximum atomic E-state index is 7.00. The number of aryl methyl sites for hydroxylation is 1. The first-order valence-electron chi connectivity index (χ1n) is 15.4. The first-order valence-corrected chi connectivity index (χ1v) is 16.6. The van der Waals surface area contributed by atoms with E-state index in [1.807, 2.05) is 56.8 Å². The van der Waals surface area contributed by atoms with Gasteiger partial charge in [0.15, 0.2) is 12.6 Å². The number of nitrogens with zero attached hydrogens (tertiary/aromatic N) is 2. The predicted molar refractivity (Wildman–Crippen MR) is 185 cm³/mol. The van der Waals surface area contributed by atoms with E-state index in [1.54, 1.807) is 13.3 Å². The molecule has 1 aliphatic heterocycles. The van der Waals surface area contributed by atoms with E-state index in [1.165, 1.54) is 12.0 Å². The third-order valence-corrected chi connectivity index (χ3v) is 8.15. The molecule has 3 rings (SSSR count). The number of aromatic nitrogens is 1. The Morgan fingerprint density at radius 1 is 1.18 bits per heavy atom. The smallest absolute Gasteiger partial charge is 0.188 e. The summed E-state index contributed by atoms with van der Waals surface area (Å²) in [5.41, 5.74) is 13.4. The highest BCUT2D eigenvalue weighted by Crippen LogP contribution is 2.32. The van der Waals surface area contributed by atoms with Gasteiger partial charge in [-0.3, -0.25) is 4.99 Å². The van der Waals surface area contributed by atoms with Crippen molar-refractivity contribution in [1.29, 1.82) is 0 Å². The lowest BCUT2D eigenvalue weighted by atomic mass is 10.0. The quantitative estimate of drug-likeness (QED) is 0.122. The van der Waals surface area contributed by atoms with Crippen LogP contribution in [-0.4, -0.2) is 55.5 Å². The van der Waals surface area contributed by atoms with Crippen molar-refractivity contribution in [2.24, 2.45) is 10.7 Å². The normalized spacial score (nSPS) is 17.5. The van der Waals surface area contributed by atoms with Crippen molar-refractivity contribution in [3.8, 4) is 17.1 Å². The van der Waals surface area contributed by atoms with E-state index >= 15 is 0 Å². The van der Waals surface area contributed by atoms with Crippen LogP contribution in [0.1, 0.15) is 84.9 Å². The third-order valence-electron chi connectivity index (χ3n) is 7.05. The van der Waals surface area contributed by atoms with Crippen LogP contribution in [0.15, 0.2) is 68.5 Å². The van der Waals surface area contributed by atoms with E-state index in [0.717, 1.165) is 89.6 Å². The molecule has 0 aliphatic carbocycles. The summed E-state index contributed by atoms with van der Waals surface area (Å²) in [6, 6.07) is 7.80. The van der Waals surface area contributed by atoms with Gasteiger partial charge in [0.25, 0.3) is 0 Å². The lowest BCUT2D eigenvalue weighted by Gasteiger charge is -2.10. The van der Waals surface area contributed by atoms with Crippen molar-refractivity contribution >= 4 is 18.0 Å². The Kier molecular flexibility index (Phi) is 20.1. The standard InChI is InChI=1S/C19H25NO4S.C15H26N2.CH4O/c1-13-4-7-17(23-13)10-25-11-18-14(2)20-24-19(18)15-5-8-16(9-6-15)22-12-21-3;1-6-9-10-11-14(13(5)17-8-3)15(16)12(4)7-2;1-2/h5-6,8-9,13,17H,4,7,10-12H2,1-3H3;8,10-11H,6-7,9,16H2,1-5H3;2H,1H3/b;11-10-,14-13-,15-12-,17-8?;. The molecule has 0 radical (unpaired) electrons. The summed E-state index contributed by atoms with van der Waals surface area (Å²) in [7, 11) is 2.60. The van der Waals surface area contributed by atoms with Gasteiger partial charge in [0.1, 0.15) is 5.75 Å². The molecule has 1 aliphatic rings. The van der Waals surface area contributed by atoms with Crippen LogP contribution < -0.4 is 10.5 Å². The maximum Gasteiger partial charge on any atom is 0.188 e. The topological polar surface area (TPSA) is 112 Å². The van der Waals surface area contributed by atoms with E-state index < -0.39 is 0 Å². The molecule has 1 fully saturated rings. The number of aliphatic imine (C=N–C) groups is 1. The Bertz CT molecular complexity index is 1200. The van der Waals surface area contributed by atoms with Crippen molar-refractivity contribution < 1.29 is 23.8 Å². The number of aliphatic hydroxyl groups excluding tert-OH is 1. The van der Waals surface area contributed by atoms with Gasteiger partial charge in [-0.25, -0.2) is 0 Å². The minimum absolute atomic E-state index is 0.241. The van der Waals surface area contributed by atoms with E-state index in [2.05, 4.69) is 50.0 Å². The number of hydrogen-bond acceptors (Lipinski definition) is 9. The first-order chi connectivity index (χ1) is 21.2. The Labute approximate surface area is 269 Å². The second-order valence-electron chi connectivity index (χ2n) is 10.4. The molecular weight excluding hydrogens is 574 g/mol. The Morgan fingerprint density at radius 3 is 2.45 bits per heavy atom. The van der Waals surface area contributed by atoms with Crippen LogP contribution in [0.25, 0.3) is 11.3 Å². The molecule has 2 atom stereocenters. The van der Waals surface area contributed by atoms with E-state index in [0.29, 0.717) is 12.2 Å². The van der Waals surface area contributed by atoms with E-state index in [9.17, 15) is 0 Å². The second-order valence-corrected chi connectivity index (χ2v) is 11.5. The molecule has 2 heterocycles. The molecule has 8 nitrogen and oxygen atoms in total. The van der Waals surface area contributed by atoms with Gasteiger partial charge in [-0.15, -0.1) is 0 Å². The maximum absolute atomic E-state index is 7.00. The zero-order valence-corrected chi connectivity index (χ0v) is 29.1. The molecule has 0 amide bonds. The fourth-order valence-electron chi connectivity index (χ4n) is 4.37. The largest absolute Gasteiger partial charge is 0.468 e. The Hall–Kier alpha value is -2.85. The predicted octanol–water partition coefficient (Wildman–Crippen LogP) is 8.39. The highest BCUT2D eigenvalue weighted by atomic mass is 32.2. The van der Waals surface area contributed by atoms with Crippen molar-refractivity contribution in [3.63, 3.8) is 0 Å². The second kappa shape index (κ2) is 22.6. The summed E-state index contributed by atoms with van der Waals surface area (Å²) in [5, 5.41) is 11.2. The van der Waals surface area contributed by atoms with Gasteiger partial charge in [0, 0.05) is 60.0 Å². The van der Waals surface area contributed by atoms with Crippen molar-refractivity contribution in [1.82, 2.24) is 5.16 Å². The van der Waals surface area contributed by atoms with Crippen molar-refractivity contribution in [3.05, 3.63) is 70.2 Å². The molecule has 0 spiro atoms. The number of unbranched alkanes of at least 4 members (excludes halogenated alkanes) is 1. The molecule has 1 saturated heterocycles. The highest BCUT2D eigenvalue weighted by molar-refractivity contribution is 7.98. The molecule has 2 aromatic rings. The molecule has 1 aromatic heterocycles. The number of aliphatic hydroxyl groups is 1. The number of benzene rings is 1. The third kappa shape index (κ3) is 13.4. The van der Waals surface area contributed by atoms with Gasteiger partial charge < -0.3 is 29.6 Å². The minimum Gasteiger partial charge on any atom is -0.468 e. The summed E-state index contributed by atoms with van der Waals surface area (Å²) in [6.45, 7) is 14.7. The summed E-state index contributed by atoms with van der Waals surface area (Å²) < 4.78 is 21.8.